The van der Waals surface area contributed by atoms with Crippen LogP contribution in [0.2, 0.25) is 0 Å². The second kappa shape index (κ2) is 7.19. The Kier molecular flexibility index (Phi) is 4.59. The van der Waals surface area contributed by atoms with Gasteiger partial charge in [0.25, 0.3) is 0 Å². The first-order valence-electron chi connectivity index (χ1n) is 8.19. The molecule has 132 valence electrons. The average molecular weight is 367 g/mol. The molecule has 0 unspecified atom stereocenters. The summed E-state index contributed by atoms with van der Waals surface area (Å²) in [6.07, 6.45) is 3.65. The van der Waals surface area contributed by atoms with Gasteiger partial charge >= 0.3 is 0 Å². The summed E-state index contributed by atoms with van der Waals surface area (Å²) >= 11 is 1.47. The minimum atomic E-state index is 0.140. The van der Waals surface area contributed by atoms with Gasteiger partial charge < -0.3 is 14.6 Å². The molecule has 0 spiro atoms. The highest BCUT2D eigenvalue weighted by molar-refractivity contribution is 7.21. The Bertz CT molecular complexity index is 1010. The maximum absolute atomic E-state index is 5.51. The second-order valence-corrected chi connectivity index (χ2v) is 6.92. The number of hydrogen-bond acceptors (Lipinski definition) is 8. The van der Waals surface area contributed by atoms with Gasteiger partial charge in [0.05, 0.1) is 11.8 Å². The SMILES string of the molecule is CC(C)OCc1cc(Nc2nc3ccc(-c4ccncc4)nc3s2)no1. The summed E-state index contributed by atoms with van der Waals surface area (Å²) in [6.45, 7) is 4.34. The van der Waals surface area contributed by atoms with Crippen LogP contribution in [0.25, 0.3) is 21.6 Å². The normalized spacial score (nSPS) is 11.3. The van der Waals surface area contributed by atoms with Crippen molar-refractivity contribution < 1.29 is 9.26 Å². The van der Waals surface area contributed by atoms with E-state index >= 15 is 0 Å². The van der Waals surface area contributed by atoms with Crippen molar-refractivity contribution in [1.29, 1.82) is 0 Å². The lowest BCUT2D eigenvalue weighted by atomic mass is 10.2. The van der Waals surface area contributed by atoms with Crippen LogP contribution in [-0.2, 0) is 11.3 Å². The van der Waals surface area contributed by atoms with Crippen molar-refractivity contribution in [2.45, 2.75) is 26.6 Å². The van der Waals surface area contributed by atoms with Gasteiger partial charge in [-0.3, -0.25) is 4.98 Å². The van der Waals surface area contributed by atoms with E-state index in [0.717, 1.165) is 21.6 Å². The van der Waals surface area contributed by atoms with E-state index in [9.17, 15) is 0 Å². The van der Waals surface area contributed by atoms with Gasteiger partial charge in [-0.1, -0.05) is 16.5 Å². The fourth-order valence-corrected chi connectivity index (χ4v) is 3.20. The lowest BCUT2D eigenvalue weighted by Gasteiger charge is -2.03. The first kappa shape index (κ1) is 16.6. The Labute approximate surface area is 154 Å². The Balaban J connectivity index is 1.52. The molecule has 0 radical (unpaired) electrons. The summed E-state index contributed by atoms with van der Waals surface area (Å²) in [6, 6.07) is 9.60. The molecule has 4 aromatic heterocycles. The first-order valence-corrected chi connectivity index (χ1v) is 9.01. The molecule has 4 heterocycles. The Morgan fingerprint density at radius 1 is 1.15 bits per heavy atom. The van der Waals surface area contributed by atoms with E-state index in [0.29, 0.717) is 23.3 Å². The quantitative estimate of drug-likeness (QED) is 0.540. The maximum Gasteiger partial charge on any atom is 0.191 e. The molecule has 0 saturated heterocycles. The van der Waals surface area contributed by atoms with Crippen molar-refractivity contribution in [1.82, 2.24) is 20.1 Å². The van der Waals surface area contributed by atoms with Crippen molar-refractivity contribution >= 4 is 32.6 Å². The molecular formula is C18H17N5O2S. The highest BCUT2D eigenvalue weighted by Gasteiger charge is 2.10. The van der Waals surface area contributed by atoms with E-state index in [1.807, 2.05) is 44.2 Å². The molecule has 7 nitrogen and oxygen atoms in total. The summed E-state index contributed by atoms with van der Waals surface area (Å²) in [5.41, 5.74) is 2.75. The van der Waals surface area contributed by atoms with E-state index in [1.54, 1.807) is 12.4 Å². The number of anilines is 2. The summed E-state index contributed by atoms with van der Waals surface area (Å²) < 4.78 is 10.8. The highest BCUT2D eigenvalue weighted by atomic mass is 32.1. The second-order valence-electron chi connectivity index (χ2n) is 5.94. The molecule has 0 aliphatic rings. The van der Waals surface area contributed by atoms with Gasteiger partial charge in [0.2, 0.25) is 0 Å². The Morgan fingerprint density at radius 2 is 2.00 bits per heavy atom. The summed E-state index contributed by atoms with van der Waals surface area (Å²) in [4.78, 5) is 14.1. The zero-order valence-corrected chi connectivity index (χ0v) is 15.2. The van der Waals surface area contributed by atoms with E-state index in [4.69, 9.17) is 9.26 Å². The fourth-order valence-electron chi connectivity index (χ4n) is 2.35. The number of thiazole rings is 1. The topological polar surface area (TPSA) is 86.0 Å². The average Bonchev–Trinajstić information content (AvgIpc) is 3.26. The molecule has 0 amide bonds. The standard InChI is InChI=1S/C18H17N5O2S/c1-11(2)24-10-13-9-16(23-25-13)22-18-21-15-4-3-14(20-17(15)26-18)12-5-7-19-8-6-12/h3-9,11H,10H2,1-2H3,(H,21,22,23). The summed E-state index contributed by atoms with van der Waals surface area (Å²) in [5.74, 6) is 1.26. The number of aromatic nitrogens is 4. The number of fused-ring (bicyclic) bond motifs is 1. The number of ether oxygens (including phenoxy) is 1. The van der Waals surface area contributed by atoms with Crippen LogP contribution >= 0.6 is 11.3 Å². The van der Waals surface area contributed by atoms with Gasteiger partial charge in [-0.15, -0.1) is 0 Å². The van der Waals surface area contributed by atoms with Crippen LogP contribution < -0.4 is 5.32 Å². The first-order chi connectivity index (χ1) is 12.7. The molecule has 0 atom stereocenters. The molecule has 26 heavy (non-hydrogen) atoms. The molecule has 1 N–H and O–H groups in total. The highest BCUT2D eigenvalue weighted by Crippen LogP contribution is 2.29. The molecule has 0 fully saturated rings. The van der Waals surface area contributed by atoms with Crippen LogP contribution in [0.15, 0.2) is 47.2 Å². The largest absolute Gasteiger partial charge is 0.371 e. The zero-order valence-electron chi connectivity index (χ0n) is 14.3. The molecule has 0 aromatic carbocycles. The predicted molar refractivity (Wildman–Crippen MR) is 100 cm³/mol. The summed E-state index contributed by atoms with van der Waals surface area (Å²) in [7, 11) is 0. The van der Waals surface area contributed by atoms with Crippen LogP contribution in [0.4, 0.5) is 10.9 Å². The Morgan fingerprint density at radius 3 is 2.81 bits per heavy atom. The van der Waals surface area contributed by atoms with Gasteiger partial charge in [0.15, 0.2) is 16.7 Å². The molecular weight excluding hydrogens is 350 g/mol. The third-order valence-corrected chi connectivity index (χ3v) is 4.46. The van der Waals surface area contributed by atoms with Crippen molar-refractivity contribution in [2.24, 2.45) is 0 Å². The zero-order chi connectivity index (χ0) is 17.9. The number of pyridine rings is 2. The van der Waals surface area contributed by atoms with Gasteiger partial charge in [-0.05, 0) is 38.1 Å². The molecule has 0 aliphatic carbocycles. The van der Waals surface area contributed by atoms with Crippen molar-refractivity contribution in [3.05, 3.63) is 48.5 Å². The van der Waals surface area contributed by atoms with E-state index in [1.165, 1.54) is 11.3 Å². The monoisotopic (exact) mass is 367 g/mol. The van der Waals surface area contributed by atoms with Gasteiger partial charge in [-0.2, -0.15) is 0 Å². The van der Waals surface area contributed by atoms with Gasteiger partial charge in [-0.25, -0.2) is 9.97 Å². The van der Waals surface area contributed by atoms with Crippen LogP contribution in [-0.4, -0.2) is 26.2 Å². The number of rotatable bonds is 6. The van der Waals surface area contributed by atoms with E-state index < -0.39 is 0 Å². The maximum atomic E-state index is 5.51. The van der Waals surface area contributed by atoms with Crippen molar-refractivity contribution in [2.75, 3.05) is 5.32 Å². The van der Waals surface area contributed by atoms with Crippen LogP contribution in [0, 0.1) is 0 Å². The number of hydrogen-bond donors (Lipinski definition) is 1. The smallest absolute Gasteiger partial charge is 0.191 e. The molecule has 8 heteroatoms. The third-order valence-electron chi connectivity index (χ3n) is 3.58. The van der Waals surface area contributed by atoms with Crippen LogP contribution in [0.3, 0.4) is 0 Å². The van der Waals surface area contributed by atoms with Crippen LogP contribution in [0.5, 0.6) is 0 Å². The molecule has 0 aliphatic heterocycles. The fraction of sp³-hybridized carbons (Fsp3) is 0.222. The Hall–Kier alpha value is -2.84. The third kappa shape index (κ3) is 3.71. The molecule has 0 bridgehead atoms. The minimum Gasteiger partial charge on any atom is -0.371 e. The molecule has 4 aromatic rings. The van der Waals surface area contributed by atoms with Gasteiger partial charge in [0, 0.05) is 24.0 Å². The minimum absolute atomic E-state index is 0.140. The molecule has 0 saturated carbocycles. The van der Waals surface area contributed by atoms with Crippen LogP contribution in [0.1, 0.15) is 19.6 Å². The number of nitrogens with one attached hydrogen (secondary N) is 1. The van der Waals surface area contributed by atoms with E-state index in [2.05, 4.69) is 25.4 Å². The lowest BCUT2D eigenvalue weighted by Crippen LogP contribution is -2.01. The van der Waals surface area contributed by atoms with Crippen molar-refractivity contribution in [3.63, 3.8) is 0 Å². The molecule has 4 rings (SSSR count). The summed E-state index contributed by atoms with van der Waals surface area (Å²) in [5, 5.41) is 7.87. The lowest BCUT2D eigenvalue weighted by molar-refractivity contribution is 0.0513. The van der Waals surface area contributed by atoms with Gasteiger partial charge in [0.1, 0.15) is 17.0 Å². The predicted octanol–water partition coefficient (Wildman–Crippen LogP) is 4.41. The van der Waals surface area contributed by atoms with E-state index in [-0.39, 0.29) is 6.10 Å². The number of nitrogens with zero attached hydrogens (tertiary/aromatic N) is 4. The van der Waals surface area contributed by atoms with Crippen molar-refractivity contribution in [3.8, 4) is 11.3 Å².